The lowest BCUT2D eigenvalue weighted by atomic mass is 10.1. The molecule has 7 heteroatoms. The molecular formula is C19H18ClN3O3. The van der Waals surface area contributed by atoms with Crippen LogP contribution in [0.15, 0.2) is 58.1 Å². The minimum Gasteiger partial charge on any atom is -0.356 e. The monoisotopic (exact) mass is 371 g/mol. The predicted octanol–water partition coefficient (Wildman–Crippen LogP) is 2.09. The molecule has 0 saturated carbocycles. The SMILES string of the molecule is O=C(CCn1c(=O)[nH]c(=O)c2ccccc21)NCCc1cccc(Cl)c1. The van der Waals surface area contributed by atoms with Gasteiger partial charge < -0.3 is 5.32 Å². The van der Waals surface area contributed by atoms with Gasteiger partial charge in [-0.15, -0.1) is 0 Å². The van der Waals surface area contributed by atoms with Crippen molar-refractivity contribution in [2.45, 2.75) is 19.4 Å². The lowest BCUT2D eigenvalue weighted by Gasteiger charge is -2.10. The predicted molar refractivity (Wildman–Crippen MR) is 102 cm³/mol. The highest BCUT2D eigenvalue weighted by atomic mass is 35.5. The first kappa shape index (κ1) is 17.9. The van der Waals surface area contributed by atoms with Crippen LogP contribution in [0.5, 0.6) is 0 Å². The highest BCUT2D eigenvalue weighted by Gasteiger charge is 2.09. The molecule has 0 aliphatic carbocycles. The van der Waals surface area contributed by atoms with Gasteiger partial charge in [0.1, 0.15) is 0 Å². The van der Waals surface area contributed by atoms with Crippen LogP contribution in [-0.4, -0.2) is 22.0 Å². The van der Waals surface area contributed by atoms with E-state index in [9.17, 15) is 14.4 Å². The second-order valence-electron chi connectivity index (χ2n) is 5.91. The van der Waals surface area contributed by atoms with Crippen LogP contribution in [0.4, 0.5) is 0 Å². The van der Waals surface area contributed by atoms with Crippen LogP contribution >= 0.6 is 11.6 Å². The molecule has 0 atom stereocenters. The van der Waals surface area contributed by atoms with Crippen molar-refractivity contribution in [1.82, 2.24) is 14.9 Å². The first-order chi connectivity index (χ1) is 12.5. The number of rotatable bonds is 6. The van der Waals surface area contributed by atoms with Gasteiger partial charge in [0, 0.05) is 24.5 Å². The molecule has 3 aromatic rings. The summed E-state index contributed by atoms with van der Waals surface area (Å²) in [5.41, 5.74) is 0.627. The van der Waals surface area contributed by atoms with E-state index >= 15 is 0 Å². The van der Waals surface area contributed by atoms with Crippen LogP contribution in [0.1, 0.15) is 12.0 Å². The highest BCUT2D eigenvalue weighted by Crippen LogP contribution is 2.10. The maximum Gasteiger partial charge on any atom is 0.328 e. The first-order valence-electron chi connectivity index (χ1n) is 8.27. The molecule has 2 aromatic carbocycles. The zero-order valence-electron chi connectivity index (χ0n) is 14.0. The molecule has 0 saturated heterocycles. The number of para-hydroxylation sites is 1. The number of nitrogens with one attached hydrogen (secondary N) is 2. The number of hydrogen-bond donors (Lipinski definition) is 2. The number of carbonyl (C=O) groups excluding carboxylic acids is 1. The zero-order chi connectivity index (χ0) is 18.5. The van der Waals surface area contributed by atoms with Gasteiger partial charge in [-0.2, -0.15) is 0 Å². The molecule has 0 fully saturated rings. The van der Waals surface area contributed by atoms with E-state index in [-0.39, 0.29) is 18.9 Å². The van der Waals surface area contributed by atoms with Gasteiger partial charge in [0.15, 0.2) is 0 Å². The molecule has 1 aromatic heterocycles. The highest BCUT2D eigenvalue weighted by molar-refractivity contribution is 6.30. The maximum atomic E-state index is 12.1. The Labute approximate surface area is 154 Å². The van der Waals surface area contributed by atoms with Gasteiger partial charge in [-0.25, -0.2) is 4.79 Å². The van der Waals surface area contributed by atoms with Gasteiger partial charge in [-0.05, 0) is 36.2 Å². The van der Waals surface area contributed by atoms with Crippen molar-refractivity contribution in [2.75, 3.05) is 6.54 Å². The summed E-state index contributed by atoms with van der Waals surface area (Å²) in [4.78, 5) is 38.2. The van der Waals surface area contributed by atoms with E-state index in [1.807, 2.05) is 18.2 Å². The Hall–Kier alpha value is -2.86. The molecule has 6 nitrogen and oxygen atoms in total. The van der Waals surface area contributed by atoms with E-state index in [1.54, 1.807) is 30.3 Å². The fraction of sp³-hybridized carbons (Fsp3) is 0.211. The van der Waals surface area contributed by atoms with Gasteiger partial charge >= 0.3 is 5.69 Å². The minimum absolute atomic E-state index is 0.144. The van der Waals surface area contributed by atoms with Crippen LogP contribution in [0.25, 0.3) is 10.9 Å². The topological polar surface area (TPSA) is 84.0 Å². The summed E-state index contributed by atoms with van der Waals surface area (Å²) in [7, 11) is 0. The van der Waals surface area contributed by atoms with E-state index in [2.05, 4.69) is 10.3 Å². The van der Waals surface area contributed by atoms with Crippen LogP contribution in [0.3, 0.4) is 0 Å². The molecule has 0 aliphatic heterocycles. The third kappa shape index (κ3) is 4.21. The van der Waals surface area contributed by atoms with Gasteiger partial charge in [-0.3, -0.25) is 19.1 Å². The molecule has 0 aliphatic rings. The second kappa shape index (κ2) is 8.01. The number of H-pyrrole nitrogens is 1. The van der Waals surface area contributed by atoms with Crippen molar-refractivity contribution in [1.29, 1.82) is 0 Å². The van der Waals surface area contributed by atoms with Crippen molar-refractivity contribution in [2.24, 2.45) is 0 Å². The van der Waals surface area contributed by atoms with Crippen LogP contribution in [0.2, 0.25) is 5.02 Å². The molecule has 134 valence electrons. The van der Waals surface area contributed by atoms with E-state index in [1.165, 1.54) is 4.57 Å². The average molecular weight is 372 g/mol. The Balaban J connectivity index is 1.61. The van der Waals surface area contributed by atoms with E-state index in [0.717, 1.165) is 5.56 Å². The summed E-state index contributed by atoms with van der Waals surface area (Å²) in [5, 5.41) is 3.92. The molecule has 2 N–H and O–H groups in total. The number of aromatic amines is 1. The Morgan fingerprint density at radius 3 is 2.73 bits per heavy atom. The molecule has 26 heavy (non-hydrogen) atoms. The number of aromatic nitrogens is 2. The summed E-state index contributed by atoms with van der Waals surface area (Å²) in [6, 6.07) is 14.3. The fourth-order valence-corrected chi connectivity index (χ4v) is 3.02. The van der Waals surface area contributed by atoms with Gasteiger partial charge in [0.2, 0.25) is 5.91 Å². The number of benzene rings is 2. The zero-order valence-corrected chi connectivity index (χ0v) is 14.8. The summed E-state index contributed by atoms with van der Waals surface area (Å²) >= 11 is 5.93. The quantitative estimate of drug-likeness (QED) is 0.696. The summed E-state index contributed by atoms with van der Waals surface area (Å²) in [6.07, 6.45) is 0.819. The molecule has 1 heterocycles. The molecule has 0 unspecified atom stereocenters. The largest absolute Gasteiger partial charge is 0.356 e. The van der Waals surface area contributed by atoms with Gasteiger partial charge in [0.25, 0.3) is 5.56 Å². The number of amides is 1. The van der Waals surface area contributed by atoms with E-state index < -0.39 is 11.2 Å². The Kier molecular flexibility index (Phi) is 5.53. The van der Waals surface area contributed by atoms with Crippen molar-refractivity contribution >= 4 is 28.4 Å². The standard InChI is InChI=1S/C19H18ClN3O3/c20-14-5-3-4-13(12-14)8-10-21-17(24)9-11-23-16-7-2-1-6-15(16)18(25)22-19(23)26/h1-7,12H,8-11H2,(H,21,24)(H,22,25,26). The molecule has 0 radical (unpaired) electrons. The molecule has 3 rings (SSSR count). The maximum absolute atomic E-state index is 12.1. The fourth-order valence-electron chi connectivity index (χ4n) is 2.80. The van der Waals surface area contributed by atoms with Gasteiger partial charge in [0.05, 0.1) is 10.9 Å². The normalized spacial score (nSPS) is 10.8. The van der Waals surface area contributed by atoms with Crippen LogP contribution in [-0.2, 0) is 17.8 Å². The third-order valence-corrected chi connectivity index (χ3v) is 4.33. The smallest absolute Gasteiger partial charge is 0.328 e. The molecular weight excluding hydrogens is 354 g/mol. The molecule has 0 bridgehead atoms. The van der Waals surface area contributed by atoms with Gasteiger partial charge in [-0.1, -0.05) is 35.9 Å². The Bertz CT molecular complexity index is 1060. The number of aryl methyl sites for hydroxylation is 1. The number of nitrogens with zero attached hydrogens (tertiary/aromatic N) is 1. The van der Waals surface area contributed by atoms with Crippen molar-refractivity contribution < 1.29 is 4.79 Å². The van der Waals surface area contributed by atoms with Crippen molar-refractivity contribution in [3.05, 3.63) is 80.0 Å². The minimum atomic E-state index is -0.513. The van der Waals surface area contributed by atoms with Crippen molar-refractivity contribution in [3.8, 4) is 0 Å². The number of fused-ring (bicyclic) bond motifs is 1. The van der Waals surface area contributed by atoms with Crippen molar-refractivity contribution in [3.63, 3.8) is 0 Å². The number of carbonyl (C=O) groups is 1. The lowest BCUT2D eigenvalue weighted by Crippen LogP contribution is -2.33. The second-order valence-corrected chi connectivity index (χ2v) is 6.34. The van der Waals surface area contributed by atoms with E-state index in [4.69, 9.17) is 11.6 Å². The van der Waals surface area contributed by atoms with E-state index in [0.29, 0.717) is 28.9 Å². The first-order valence-corrected chi connectivity index (χ1v) is 8.65. The van der Waals surface area contributed by atoms with Crippen LogP contribution < -0.4 is 16.6 Å². The van der Waals surface area contributed by atoms with Crippen LogP contribution in [0, 0.1) is 0 Å². The lowest BCUT2D eigenvalue weighted by molar-refractivity contribution is -0.121. The summed E-state index contributed by atoms with van der Waals surface area (Å²) in [5.74, 6) is -0.158. The number of hydrogen-bond acceptors (Lipinski definition) is 3. The summed E-state index contributed by atoms with van der Waals surface area (Å²) in [6.45, 7) is 0.680. The third-order valence-electron chi connectivity index (χ3n) is 4.09. The Morgan fingerprint density at radius 1 is 1.12 bits per heavy atom. The average Bonchev–Trinajstić information content (AvgIpc) is 2.61. The molecule has 0 spiro atoms. The number of halogens is 1. The molecule has 1 amide bonds. The Morgan fingerprint density at radius 2 is 1.92 bits per heavy atom. The summed E-state index contributed by atoms with van der Waals surface area (Å²) < 4.78 is 1.41.